The van der Waals surface area contributed by atoms with E-state index in [2.05, 4.69) is 4.81 Å². The Bertz CT molecular complexity index is 163. The third kappa shape index (κ3) is 5.91. The van der Waals surface area contributed by atoms with Crippen LogP contribution in [0.3, 0.4) is 0 Å². The van der Waals surface area contributed by atoms with Crippen LogP contribution >= 0.6 is 0 Å². The average molecular weight is 176 g/mol. The molecular weight excluding hydrogens is 176 g/mol. The van der Waals surface area contributed by atoms with Crippen molar-refractivity contribution in [2.24, 2.45) is 4.81 Å². The Hall–Kier alpha value is 0.774. The van der Waals surface area contributed by atoms with Crippen LogP contribution in [-0.2, 0) is 0 Å². The van der Waals surface area contributed by atoms with Crippen LogP contribution < -0.4 is 0 Å². The Morgan fingerprint density at radius 2 is 1.00 bits per heavy atom. The fraction of sp³-hybridized carbons (Fsp3) is 0. The van der Waals surface area contributed by atoms with Gasteiger partial charge in [-0.3, -0.25) is 0 Å². The molecule has 0 fully saturated rings. The second kappa shape index (κ2) is 7.98. The SMILES string of the molecule is [B]B([B])B(B=NB(B([B])[B])B([B])[B])B([B])[B]. The monoisotopic (exact) mass is 179 g/mol. The summed E-state index contributed by atoms with van der Waals surface area (Å²) in [7, 11) is 43.7. The zero-order chi connectivity index (χ0) is 12.9. The Morgan fingerprint density at radius 3 is 1.25 bits per heavy atom. The van der Waals surface area contributed by atoms with Crippen molar-refractivity contribution in [3.8, 4) is 0 Å². The molecule has 0 amide bonds. The quantitative estimate of drug-likeness (QED) is 0.358. The molecule has 0 aliphatic rings. The number of rotatable bonds is 6. The van der Waals surface area contributed by atoms with Crippen LogP contribution in [-0.4, -0.2) is 107 Å². The molecule has 16 heteroatoms. The molecule has 0 saturated heterocycles. The van der Waals surface area contributed by atoms with Gasteiger partial charge in [0.25, 0.3) is 0 Å². The molecule has 0 saturated carbocycles. The summed E-state index contributed by atoms with van der Waals surface area (Å²) in [6.07, 6.45) is -3.51. The van der Waals surface area contributed by atoms with Crippen LogP contribution in [0.2, 0.25) is 0 Å². The van der Waals surface area contributed by atoms with Crippen LogP contribution in [0.15, 0.2) is 4.81 Å². The zero-order valence-electron chi connectivity index (χ0n) is 9.11. The molecule has 16 heavy (non-hydrogen) atoms. The second-order valence-corrected chi connectivity index (χ2v) is 3.68. The molecule has 0 spiro atoms. The Balaban J connectivity index is 4.63. The summed E-state index contributed by atoms with van der Waals surface area (Å²) in [4.78, 5) is 4.02. The van der Waals surface area contributed by atoms with Gasteiger partial charge in [-0.25, -0.2) is 0 Å². The summed E-state index contributed by atoms with van der Waals surface area (Å²) in [6, 6.07) is 0. The summed E-state index contributed by atoms with van der Waals surface area (Å²) in [5.74, 6) is 0. The molecule has 50 valence electrons. The maximum absolute atomic E-state index is 5.48. The zero-order valence-corrected chi connectivity index (χ0v) is 9.11. The molecule has 0 atom stereocenters. The first-order valence-corrected chi connectivity index (χ1v) is 4.85. The molecule has 0 aromatic carbocycles. The van der Waals surface area contributed by atoms with Gasteiger partial charge in [0.1, 0.15) is 0 Å². The van der Waals surface area contributed by atoms with E-state index in [0.29, 0.717) is 0 Å². The molecule has 16 radical (unpaired) electrons. The van der Waals surface area contributed by atoms with Crippen LogP contribution in [0.4, 0.5) is 0 Å². The fourth-order valence-electron chi connectivity index (χ4n) is 1.11. The van der Waals surface area contributed by atoms with Crippen molar-refractivity contribution in [2.45, 2.75) is 0 Å². The minimum absolute atomic E-state index is 0.500. The molecule has 0 aliphatic heterocycles. The minimum atomic E-state index is -0.778. The van der Waals surface area contributed by atoms with Crippen molar-refractivity contribution in [1.82, 2.24) is 0 Å². The Labute approximate surface area is 112 Å². The molecule has 0 aromatic heterocycles. The summed E-state index contributed by atoms with van der Waals surface area (Å²) >= 11 is 0. The van der Waals surface area contributed by atoms with E-state index in [0.717, 1.165) is 0 Å². The van der Waals surface area contributed by atoms with Gasteiger partial charge in [-0.2, -0.15) is 0 Å². The normalized spacial score (nSPS) is 9.25. The van der Waals surface area contributed by atoms with Gasteiger partial charge in [-0.05, 0) is 0 Å². The van der Waals surface area contributed by atoms with Gasteiger partial charge in [0.05, 0.1) is 0 Å². The van der Waals surface area contributed by atoms with Gasteiger partial charge in [-0.1, -0.05) is 0 Å². The van der Waals surface area contributed by atoms with Crippen molar-refractivity contribution in [3.05, 3.63) is 0 Å². The van der Waals surface area contributed by atoms with E-state index in [1.54, 1.807) is 0 Å². The van der Waals surface area contributed by atoms with E-state index >= 15 is 0 Å². The van der Waals surface area contributed by atoms with Crippen LogP contribution in [0.25, 0.3) is 0 Å². The molecule has 0 unspecified atom stereocenters. The fourth-order valence-corrected chi connectivity index (χ4v) is 1.11. The number of hydrogen-bond acceptors (Lipinski definition) is 1. The van der Waals surface area contributed by atoms with E-state index in [1.165, 1.54) is 6.96 Å². The summed E-state index contributed by atoms with van der Waals surface area (Å²) in [6.45, 7) is 0.763. The third-order valence-electron chi connectivity index (χ3n) is 2.11. The van der Waals surface area contributed by atoms with E-state index in [4.69, 9.17) is 61.9 Å². The Kier molecular flexibility index (Phi) is 8.36. The Morgan fingerprint density at radius 1 is 0.625 bits per heavy atom. The van der Waals surface area contributed by atoms with Crippen molar-refractivity contribution in [1.29, 1.82) is 0 Å². The van der Waals surface area contributed by atoms with E-state index < -0.39 is 38.6 Å². The van der Waals surface area contributed by atoms with Crippen LogP contribution in [0, 0.1) is 0 Å². The van der Waals surface area contributed by atoms with Crippen molar-refractivity contribution in [2.75, 3.05) is 0 Å². The average Bonchev–Trinajstić information content (AvgIpc) is 2.09. The van der Waals surface area contributed by atoms with Crippen molar-refractivity contribution < 1.29 is 0 Å². The predicted molar refractivity (Wildman–Crippen MR) is 88.7 cm³/mol. The van der Waals surface area contributed by atoms with Gasteiger partial charge < -0.3 is 0 Å². The summed E-state index contributed by atoms with van der Waals surface area (Å²) in [5, 5.41) is 0. The van der Waals surface area contributed by atoms with Crippen molar-refractivity contribution in [3.63, 3.8) is 0 Å². The van der Waals surface area contributed by atoms with Crippen LogP contribution in [0.5, 0.6) is 0 Å². The molecule has 0 rings (SSSR count). The first kappa shape index (κ1) is 16.8. The number of hydrogen-bond donors (Lipinski definition) is 0. The first-order valence-electron chi connectivity index (χ1n) is 4.85. The molecule has 0 bridgehead atoms. The molecule has 1 nitrogen and oxygen atoms in total. The van der Waals surface area contributed by atoms with Crippen molar-refractivity contribution >= 4 is 107 Å². The molecule has 0 heterocycles. The van der Waals surface area contributed by atoms with Crippen LogP contribution in [0.1, 0.15) is 0 Å². The summed E-state index contributed by atoms with van der Waals surface area (Å²) in [5.41, 5.74) is 0. The van der Waals surface area contributed by atoms with E-state index in [1.807, 2.05) is 0 Å². The summed E-state index contributed by atoms with van der Waals surface area (Å²) < 4.78 is 0. The van der Waals surface area contributed by atoms with Gasteiger partial charge in [0, 0.05) is 0 Å². The second-order valence-electron chi connectivity index (χ2n) is 3.68. The molecule has 0 N–H and O–H groups in total. The predicted octanol–water partition coefficient (Wildman–Crippen LogP) is -5.53. The molecule has 0 aromatic rings. The third-order valence-corrected chi connectivity index (χ3v) is 2.11. The molecule has 0 aliphatic carbocycles. The van der Waals surface area contributed by atoms with Gasteiger partial charge in [0.2, 0.25) is 0 Å². The first-order chi connectivity index (χ1) is 7.27. The van der Waals surface area contributed by atoms with Gasteiger partial charge in [0.15, 0.2) is 0 Å². The number of nitrogens with zero attached hydrogens (tertiary/aromatic N) is 1. The van der Waals surface area contributed by atoms with E-state index in [-0.39, 0.29) is 0 Å². The standard InChI is InChI=1S/B15N/c1-10(2)14(11(3)4)9-16-15(12(5)6)13(7)8. The van der Waals surface area contributed by atoms with Gasteiger partial charge >= 0.3 is 112 Å². The maximum atomic E-state index is 5.48. The van der Waals surface area contributed by atoms with Gasteiger partial charge in [-0.15, -0.1) is 0 Å². The van der Waals surface area contributed by atoms with E-state index in [9.17, 15) is 0 Å². The topological polar surface area (TPSA) is 12.4 Å². The molecular formula is B15N.